The summed E-state index contributed by atoms with van der Waals surface area (Å²) < 4.78 is 16.3. The van der Waals surface area contributed by atoms with E-state index in [2.05, 4.69) is 20.4 Å². The summed E-state index contributed by atoms with van der Waals surface area (Å²) in [5.41, 5.74) is 1.92. The largest absolute Gasteiger partial charge is 0.496 e. The molecule has 1 fully saturated rings. The van der Waals surface area contributed by atoms with Gasteiger partial charge in [-0.15, -0.1) is 10.2 Å². The number of H-pyrrole nitrogens is 1. The summed E-state index contributed by atoms with van der Waals surface area (Å²) in [6.07, 6.45) is 1.53. The van der Waals surface area contributed by atoms with E-state index in [0.717, 1.165) is 18.4 Å². The van der Waals surface area contributed by atoms with E-state index in [0.29, 0.717) is 42.0 Å². The lowest BCUT2D eigenvalue weighted by molar-refractivity contribution is 0.0520. The lowest BCUT2D eigenvalue weighted by Crippen LogP contribution is -2.44. The first-order valence-corrected chi connectivity index (χ1v) is 9.70. The molecule has 1 unspecified atom stereocenters. The van der Waals surface area contributed by atoms with Crippen molar-refractivity contribution < 1.29 is 19.0 Å². The Hall–Kier alpha value is -3.62. The number of benzene rings is 1. The maximum atomic E-state index is 13.0. The zero-order valence-electron chi connectivity index (χ0n) is 16.9. The number of carbonyl (C=O) groups is 1. The number of carbonyl (C=O) groups excluding carboxylic acids is 1. The summed E-state index contributed by atoms with van der Waals surface area (Å²) in [6, 6.07) is 12.7. The summed E-state index contributed by atoms with van der Waals surface area (Å²) in [6.45, 7) is 1.13. The highest BCUT2D eigenvalue weighted by Crippen LogP contribution is 2.28. The van der Waals surface area contributed by atoms with Crippen molar-refractivity contribution in [1.82, 2.24) is 25.3 Å². The summed E-state index contributed by atoms with van der Waals surface area (Å²) in [7, 11) is 3.14. The molecule has 3 heterocycles. The maximum absolute atomic E-state index is 13.0. The van der Waals surface area contributed by atoms with Crippen LogP contribution in [0.5, 0.6) is 17.5 Å². The third-order valence-electron chi connectivity index (χ3n) is 4.97. The second-order valence-electron chi connectivity index (χ2n) is 6.91. The van der Waals surface area contributed by atoms with Gasteiger partial charge in [0.05, 0.1) is 26.5 Å². The fourth-order valence-corrected chi connectivity index (χ4v) is 3.46. The number of aromatic amines is 1. The number of rotatable bonds is 6. The van der Waals surface area contributed by atoms with Crippen LogP contribution >= 0.6 is 0 Å². The number of ether oxygens (including phenoxy) is 3. The molecule has 1 aliphatic heterocycles. The molecule has 0 saturated carbocycles. The number of likely N-dealkylation sites (tertiary alicyclic amines) is 1. The maximum Gasteiger partial charge on any atom is 0.272 e. The molecule has 156 valence electrons. The van der Waals surface area contributed by atoms with Gasteiger partial charge in [-0.05, 0) is 31.0 Å². The van der Waals surface area contributed by atoms with Crippen LogP contribution in [0, 0.1) is 0 Å². The smallest absolute Gasteiger partial charge is 0.272 e. The number of methoxy groups -OCH3 is 2. The molecule has 1 amide bonds. The third-order valence-corrected chi connectivity index (χ3v) is 4.97. The Morgan fingerprint density at radius 3 is 2.67 bits per heavy atom. The molecule has 0 aliphatic carbocycles. The minimum atomic E-state index is -0.151. The molecule has 1 aliphatic rings. The van der Waals surface area contributed by atoms with Gasteiger partial charge in [-0.2, -0.15) is 5.10 Å². The SMILES string of the molecule is COc1ccc(OC2CCCN(C(=O)c3cc(-c4ccccc4OC)n[nH]3)C2)nn1. The molecule has 4 rings (SSSR count). The van der Waals surface area contributed by atoms with E-state index in [9.17, 15) is 4.79 Å². The van der Waals surface area contributed by atoms with Crippen molar-refractivity contribution in [3.63, 3.8) is 0 Å². The average molecular weight is 409 g/mol. The Labute approximate surface area is 174 Å². The molecule has 9 nitrogen and oxygen atoms in total. The molecule has 30 heavy (non-hydrogen) atoms. The zero-order valence-corrected chi connectivity index (χ0v) is 16.9. The van der Waals surface area contributed by atoms with Gasteiger partial charge >= 0.3 is 0 Å². The standard InChI is InChI=1S/C21H23N5O4/c1-28-18-8-4-3-7-15(18)16-12-17(23-22-16)21(27)26-11-5-6-14(13-26)30-20-10-9-19(29-2)24-25-20/h3-4,7-10,12,14H,5-6,11,13H2,1-2H3,(H,22,23). The van der Waals surface area contributed by atoms with E-state index < -0.39 is 0 Å². The van der Waals surface area contributed by atoms with Crippen LogP contribution in [0.2, 0.25) is 0 Å². The molecular formula is C21H23N5O4. The Morgan fingerprint density at radius 1 is 1.10 bits per heavy atom. The monoisotopic (exact) mass is 409 g/mol. The Balaban J connectivity index is 1.43. The van der Waals surface area contributed by atoms with Crippen molar-refractivity contribution >= 4 is 5.91 Å². The van der Waals surface area contributed by atoms with Crippen LogP contribution in [-0.2, 0) is 0 Å². The Bertz CT molecular complexity index is 1000. The van der Waals surface area contributed by atoms with Crippen LogP contribution in [0.1, 0.15) is 23.3 Å². The number of amides is 1. The Kier molecular flexibility index (Phi) is 5.78. The molecule has 1 N–H and O–H groups in total. The first kappa shape index (κ1) is 19.7. The van der Waals surface area contributed by atoms with Gasteiger partial charge in [0.15, 0.2) is 0 Å². The number of nitrogens with zero attached hydrogens (tertiary/aromatic N) is 4. The topological polar surface area (TPSA) is 102 Å². The predicted molar refractivity (Wildman–Crippen MR) is 109 cm³/mol. The number of hydrogen-bond donors (Lipinski definition) is 1. The van der Waals surface area contributed by atoms with Gasteiger partial charge in [0.1, 0.15) is 17.5 Å². The van der Waals surface area contributed by atoms with Crippen molar-refractivity contribution in [3.05, 3.63) is 48.2 Å². The molecule has 2 aromatic heterocycles. The molecule has 0 radical (unpaired) electrons. The highest BCUT2D eigenvalue weighted by Gasteiger charge is 2.27. The lowest BCUT2D eigenvalue weighted by Gasteiger charge is -2.32. The summed E-state index contributed by atoms with van der Waals surface area (Å²) in [4.78, 5) is 14.8. The van der Waals surface area contributed by atoms with Gasteiger partial charge < -0.3 is 19.1 Å². The van der Waals surface area contributed by atoms with Gasteiger partial charge in [0.25, 0.3) is 5.91 Å². The van der Waals surface area contributed by atoms with E-state index in [-0.39, 0.29) is 12.0 Å². The number of piperidine rings is 1. The highest BCUT2D eigenvalue weighted by atomic mass is 16.5. The van der Waals surface area contributed by atoms with E-state index in [1.54, 1.807) is 30.2 Å². The second kappa shape index (κ2) is 8.81. The first-order valence-electron chi connectivity index (χ1n) is 9.70. The second-order valence-corrected chi connectivity index (χ2v) is 6.91. The fraction of sp³-hybridized carbons (Fsp3) is 0.333. The van der Waals surface area contributed by atoms with Gasteiger partial charge in [0, 0.05) is 24.2 Å². The molecule has 1 aromatic carbocycles. The molecule has 3 aromatic rings. The molecule has 1 saturated heterocycles. The van der Waals surface area contributed by atoms with E-state index >= 15 is 0 Å². The van der Waals surface area contributed by atoms with Crippen molar-refractivity contribution in [2.45, 2.75) is 18.9 Å². The number of nitrogens with one attached hydrogen (secondary N) is 1. The average Bonchev–Trinajstić information content (AvgIpc) is 3.29. The van der Waals surface area contributed by atoms with Gasteiger partial charge in [-0.25, -0.2) is 0 Å². The molecular weight excluding hydrogens is 386 g/mol. The molecule has 9 heteroatoms. The third kappa shape index (κ3) is 4.19. The minimum Gasteiger partial charge on any atom is -0.496 e. The van der Waals surface area contributed by atoms with E-state index in [1.165, 1.54) is 7.11 Å². The predicted octanol–water partition coefficient (Wildman–Crippen LogP) is 2.57. The van der Waals surface area contributed by atoms with Crippen LogP contribution in [-0.4, -0.2) is 64.6 Å². The van der Waals surface area contributed by atoms with Crippen LogP contribution in [0.25, 0.3) is 11.3 Å². The van der Waals surface area contributed by atoms with Crippen LogP contribution in [0.4, 0.5) is 0 Å². The summed E-state index contributed by atoms with van der Waals surface area (Å²) >= 11 is 0. The molecule has 1 atom stereocenters. The highest BCUT2D eigenvalue weighted by molar-refractivity contribution is 5.93. The number of para-hydroxylation sites is 1. The number of hydrogen-bond acceptors (Lipinski definition) is 7. The van der Waals surface area contributed by atoms with E-state index in [4.69, 9.17) is 14.2 Å². The van der Waals surface area contributed by atoms with Crippen LogP contribution < -0.4 is 14.2 Å². The van der Waals surface area contributed by atoms with Crippen LogP contribution in [0.3, 0.4) is 0 Å². The summed E-state index contributed by atoms with van der Waals surface area (Å²) in [5.74, 6) is 1.43. The summed E-state index contributed by atoms with van der Waals surface area (Å²) in [5, 5.41) is 15.1. The quantitative estimate of drug-likeness (QED) is 0.667. The Morgan fingerprint density at radius 2 is 1.90 bits per heavy atom. The number of aromatic nitrogens is 4. The van der Waals surface area contributed by atoms with Crippen molar-refractivity contribution in [1.29, 1.82) is 0 Å². The lowest BCUT2D eigenvalue weighted by atomic mass is 10.1. The van der Waals surface area contributed by atoms with Crippen molar-refractivity contribution in [2.24, 2.45) is 0 Å². The molecule has 0 spiro atoms. The first-order chi connectivity index (χ1) is 14.7. The zero-order chi connectivity index (χ0) is 20.9. The van der Waals surface area contributed by atoms with Gasteiger partial charge in [-0.1, -0.05) is 12.1 Å². The minimum absolute atomic E-state index is 0.113. The van der Waals surface area contributed by atoms with Crippen LogP contribution in [0.15, 0.2) is 42.5 Å². The van der Waals surface area contributed by atoms with Crippen molar-refractivity contribution in [3.8, 4) is 28.8 Å². The fourth-order valence-electron chi connectivity index (χ4n) is 3.46. The van der Waals surface area contributed by atoms with E-state index in [1.807, 2.05) is 24.3 Å². The normalized spacial score (nSPS) is 16.2. The molecule has 0 bridgehead atoms. The van der Waals surface area contributed by atoms with Crippen molar-refractivity contribution in [2.75, 3.05) is 27.3 Å². The van der Waals surface area contributed by atoms with Gasteiger partial charge in [-0.3, -0.25) is 9.89 Å². The van der Waals surface area contributed by atoms with Gasteiger partial charge in [0.2, 0.25) is 11.8 Å².